The molecule has 0 aliphatic heterocycles. The Morgan fingerprint density at radius 3 is 2.11 bits per heavy atom. The van der Waals surface area contributed by atoms with Crippen molar-refractivity contribution < 1.29 is 14.6 Å². The molecule has 4 atom stereocenters. The third-order valence-corrected chi connectivity index (χ3v) is 5.38. The summed E-state index contributed by atoms with van der Waals surface area (Å²) in [7, 11) is 0. The van der Waals surface area contributed by atoms with Gasteiger partial charge in [0.05, 0.1) is 31.5 Å². The number of hydrogen-bond donors (Lipinski definition) is 2. The molecule has 0 heterocycles. The van der Waals surface area contributed by atoms with Crippen LogP contribution in [0.5, 0.6) is 0 Å². The van der Waals surface area contributed by atoms with Gasteiger partial charge in [0.25, 0.3) is 0 Å². The Hall–Kier alpha value is -1.72. The van der Waals surface area contributed by atoms with E-state index in [1.807, 2.05) is 36.4 Å². The van der Waals surface area contributed by atoms with Crippen molar-refractivity contribution in [2.24, 2.45) is 0 Å². The summed E-state index contributed by atoms with van der Waals surface area (Å²) in [4.78, 5) is 0. The average Bonchev–Trinajstić information content (AvgIpc) is 2.74. The number of nitrogens with one attached hydrogen (secondary N) is 1. The van der Waals surface area contributed by atoms with Crippen molar-refractivity contribution in [3.05, 3.63) is 71.8 Å². The van der Waals surface area contributed by atoms with Gasteiger partial charge in [-0.3, -0.25) is 0 Å². The lowest BCUT2D eigenvalue weighted by molar-refractivity contribution is -0.123. The van der Waals surface area contributed by atoms with Crippen molar-refractivity contribution in [3.8, 4) is 0 Å². The van der Waals surface area contributed by atoms with Gasteiger partial charge < -0.3 is 19.9 Å². The Balaban J connectivity index is 1.59. The lowest BCUT2D eigenvalue weighted by atomic mass is 9.87. The Labute approximate surface area is 168 Å². The van der Waals surface area contributed by atoms with Crippen LogP contribution in [0.4, 0.5) is 0 Å². The maximum Gasteiger partial charge on any atom is 0.0956 e. The molecule has 28 heavy (non-hydrogen) atoms. The van der Waals surface area contributed by atoms with Crippen LogP contribution in [-0.2, 0) is 22.7 Å². The first kappa shape index (κ1) is 21.0. The number of rotatable bonds is 10. The lowest BCUT2D eigenvalue weighted by Gasteiger charge is -2.39. The predicted molar refractivity (Wildman–Crippen MR) is 112 cm³/mol. The highest BCUT2D eigenvalue weighted by atomic mass is 16.5. The van der Waals surface area contributed by atoms with Gasteiger partial charge in [0.1, 0.15) is 0 Å². The highest BCUT2D eigenvalue weighted by Gasteiger charge is 2.37. The highest BCUT2D eigenvalue weighted by Crippen LogP contribution is 2.26. The maximum absolute atomic E-state index is 10.9. The summed E-state index contributed by atoms with van der Waals surface area (Å²) in [6, 6.07) is 20.4. The van der Waals surface area contributed by atoms with E-state index in [4.69, 9.17) is 9.47 Å². The number of aliphatic hydroxyl groups excluding tert-OH is 1. The molecule has 2 N–H and O–H groups in total. The van der Waals surface area contributed by atoms with E-state index in [0.29, 0.717) is 19.6 Å². The van der Waals surface area contributed by atoms with Crippen molar-refractivity contribution >= 4 is 0 Å². The second kappa shape index (κ2) is 11.3. The third kappa shape index (κ3) is 6.42. The molecule has 1 aliphatic rings. The second-order valence-electron chi connectivity index (χ2n) is 7.63. The van der Waals surface area contributed by atoms with Crippen molar-refractivity contribution in [3.63, 3.8) is 0 Å². The molecule has 4 nitrogen and oxygen atoms in total. The van der Waals surface area contributed by atoms with Crippen LogP contribution in [-0.4, -0.2) is 36.0 Å². The van der Waals surface area contributed by atoms with Gasteiger partial charge in [0.2, 0.25) is 0 Å². The molecule has 152 valence electrons. The largest absolute Gasteiger partial charge is 0.389 e. The molecule has 2 aromatic carbocycles. The summed E-state index contributed by atoms with van der Waals surface area (Å²) in [6.07, 6.45) is 3.09. The summed E-state index contributed by atoms with van der Waals surface area (Å²) in [5, 5.41) is 14.4. The van der Waals surface area contributed by atoms with Crippen LogP contribution in [0.3, 0.4) is 0 Å². The minimum atomic E-state index is -0.517. The first-order chi connectivity index (χ1) is 13.8. The predicted octanol–water partition coefficient (Wildman–Crippen LogP) is 4.07. The quantitative estimate of drug-likeness (QED) is 0.607. The number of ether oxygens (including phenoxy) is 2. The molecule has 1 aliphatic carbocycles. The van der Waals surface area contributed by atoms with E-state index >= 15 is 0 Å². The van der Waals surface area contributed by atoms with Gasteiger partial charge in [-0.15, -0.1) is 0 Å². The molecular weight excluding hydrogens is 350 g/mol. The summed E-state index contributed by atoms with van der Waals surface area (Å²) in [5.74, 6) is 0. The molecule has 0 bridgehead atoms. The zero-order chi connectivity index (χ0) is 19.6. The molecule has 0 saturated heterocycles. The van der Waals surface area contributed by atoms with Crippen molar-refractivity contribution in [2.45, 2.75) is 70.2 Å². The zero-order valence-corrected chi connectivity index (χ0v) is 16.8. The molecular formula is C24H33NO3. The zero-order valence-electron chi connectivity index (χ0n) is 16.8. The standard InChI is InChI=1S/C24H33NO3/c1-2-3-14-25-22-15-21(27-17-19-10-6-4-7-11-19)16-23(24(22)26)28-18-20-12-8-5-9-13-20/h4-13,21-26H,2-3,14-18H2,1H3/t21-,22+,23+,24-/m0/s1. The van der Waals surface area contributed by atoms with Crippen LogP contribution < -0.4 is 5.32 Å². The smallest absolute Gasteiger partial charge is 0.0956 e. The minimum Gasteiger partial charge on any atom is -0.389 e. The van der Waals surface area contributed by atoms with E-state index < -0.39 is 6.10 Å². The number of hydrogen-bond acceptors (Lipinski definition) is 4. The molecule has 0 amide bonds. The first-order valence-electron chi connectivity index (χ1n) is 10.5. The third-order valence-electron chi connectivity index (χ3n) is 5.38. The summed E-state index contributed by atoms with van der Waals surface area (Å²) < 4.78 is 12.3. The number of unbranched alkanes of at least 4 members (excludes halogenated alkanes) is 1. The van der Waals surface area contributed by atoms with Gasteiger partial charge in [0, 0.05) is 12.5 Å². The van der Waals surface area contributed by atoms with Gasteiger partial charge in [-0.2, -0.15) is 0 Å². The van der Waals surface area contributed by atoms with E-state index in [2.05, 4.69) is 36.5 Å². The first-order valence-corrected chi connectivity index (χ1v) is 10.5. The topological polar surface area (TPSA) is 50.7 Å². The van der Waals surface area contributed by atoms with Crippen molar-refractivity contribution in [1.82, 2.24) is 5.32 Å². The summed E-state index contributed by atoms with van der Waals surface area (Å²) >= 11 is 0. The molecule has 0 unspecified atom stereocenters. The van der Waals surface area contributed by atoms with Gasteiger partial charge in [0.15, 0.2) is 0 Å². The van der Waals surface area contributed by atoms with Crippen molar-refractivity contribution in [2.75, 3.05) is 6.54 Å². The van der Waals surface area contributed by atoms with Crippen LogP contribution >= 0.6 is 0 Å². The molecule has 0 aromatic heterocycles. The van der Waals surface area contributed by atoms with Crippen LogP contribution in [0.25, 0.3) is 0 Å². The van der Waals surface area contributed by atoms with Gasteiger partial charge in [-0.1, -0.05) is 74.0 Å². The van der Waals surface area contributed by atoms with E-state index in [1.165, 1.54) is 5.56 Å². The Kier molecular flexibility index (Phi) is 8.49. The van der Waals surface area contributed by atoms with Crippen LogP contribution in [0, 0.1) is 0 Å². The van der Waals surface area contributed by atoms with E-state index in [0.717, 1.165) is 31.4 Å². The average molecular weight is 384 g/mol. The normalized spacial score (nSPS) is 24.9. The van der Waals surface area contributed by atoms with Crippen LogP contribution in [0.2, 0.25) is 0 Å². The van der Waals surface area contributed by atoms with Gasteiger partial charge in [-0.25, -0.2) is 0 Å². The molecule has 4 heteroatoms. The van der Waals surface area contributed by atoms with E-state index in [-0.39, 0.29) is 18.2 Å². The monoisotopic (exact) mass is 383 g/mol. The Morgan fingerprint density at radius 1 is 0.893 bits per heavy atom. The fraction of sp³-hybridized carbons (Fsp3) is 0.500. The molecule has 2 aromatic rings. The lowest BCUT2D eigenvalue weighted by Crippen LogP contribution is -2.54. The highest BCUT2D eigenvalue weighted by molar-refractivity contribution is 5.14. The number of aliphatic hydroxyl groups is 1. The minimum absolute atomic E-state index is 0.00171. The Morgan fingerprint density at radius 2 is 1.50 bits per heavy atom. The summed E-state index contributed by atoms with van der Waals surface area (Å²) in [5.41, 5.74) is 2.29. The van der Waals surface area contributed by atoms with Gasteiger partial charge >= 0.3 is 0 Å². The molecule has 0 spiro atoms. The second-order valence-corrected chi connectivity index (χ2v) is 7.63. The number of benzene rings is 2. The van der Waals surface area contributed by atoms with Crippen molar-refractivity contribution in [1.29, 1.82) is 0 Å². The SMILES string of the molecule is CCCCN[C@@H]1C[C@H](OCc2ccccc2)C[C@@H](OCc2ccccc2)[C@H]1O. The van der Waals surface area contributed by atoms with E-state index in [1.54, 1.807) is 0 Å². The molecule has 1 fully saturated rings. The molecule has 1 saturated carbocycles. The maximum atomic E-state index is 10.9. The Bertz CT molecular complexity index is 664. The molecule has 3 rings (SSSR count). The fourth-order valence-electron chi connectivity index (χ4n) is 3.71. The fourth-order valence-corrected chi connectivity index (χ4v) is 3.71. The van der Waals surface area contributed by atoms with Crippen LogP contribution in [0.1, 0.15) is 43.7 Å². The molecule has 0 radical (unpaired) electrons. The van der Waals surface area contributed by atoms with Gasteiger partial charge in [-0.05, 0) is 30.5 Å². The van der Waals surface area contributed by atoms with E-state index in [9.17, 15) is 5.11 Å². The summed E-state index contributed by atoms with van der Waals surface area (Å²) in [6.45, 7) is 4.19. The van der Waals surface area contributed by atoms with Crippen LogP contribution in [0.15, 0.2) is 60.7 Å².